The average Bonchev–Trinajstić information content (AvgIpc) is 1.72. The molecule has 0 aromatic heterocycles. The Bertz CT molecular complexity index is 146. The molecule has 0 heterocycles. The van der Waals surface area contributed by atoms with E-state index in [1.54, 1.807) is 0 Å². The van der Waals surface area contributed by atoms with Gasteiger partial charge >= 0.3 is 51.4 Å². The molecule has 0 aromatic rings. The molecule has 0 aliphatic rings. The quantitative estimate of drug-likeness (QED) is 0.205. The Hall–Kier alpha value is 0.0864. The van der Waals surface area contributed by atoms with E-state index in [2.05, 4.69) is 5.16 Å². The second-order valence-corrected chi connectivity index (χ2v) is 0.672. The summed E-state index contributed by atoms with van der Waals surface area (Å²) in [6, 6.07) is 2.68. The van der Waals surface area contributed by atoms with Gasteiger partial charge in [-0.1, -0.05) is 5.16 Å². The molecule has 8 heavy (non-hydrogen) atoms. The van der Waals surface area contributed by atoms with Gasteiger partial charge in [0.25, 0.3) is 5.71 Å². The van der Waals surface area contributed by atoms with Gasteiger partial charge in [-0.2, -0.15) is 10.5 Å². The molecule has 0 spiro atoms. The molecule has 0 atom stereocenters. The zero-order chi connectivity index (χ0) is 5.70. The van der Waals surface area contributed by atoms with Crippen LogP contribution in [0.15, 0.2) is 5.16 Å². The normalized spacial score (nSPS) is 4.75. The van der Waals surface area contributed by atoms with Crippen molar-refractivity contribution in [3.8, 4) is 12.1 Å². The first-order valence-electron chi connectivity index (χ1n) is 1.37. The van der Waals surface area contributed by atoms with Gasteiger partial charge < -0.3 is 5.21 Å². The molecule has 0 aliphatic carbocycles. The second kappa shape index (κ2) is 7.09. The Kier molecular flexibility index (Phi) is 9.71. The van der Waals surface area contributed by atoms with Crippen molar-refractivity contribution >= 4 is 57.1 Å². The van der Waals surface area contributed by atoms with Crippen LogP contribution in [0.25, 0.3) is 0 Å². The van der Waals surface area contributed by atoms with Crippen molar-refractivity contribution in [3.05, 3.63) is 0 Å². The molecular weight excluding hydrogens is 133 g/mol. The van der Waals surface area contributed by atoms with E-state index in [9.17, 15) is 0 Å². The molecule has 0 saturated carbocycles. The van der Waals surface area contributed by atoms with Gasteiger partial charge in [0.15, 0.2) is 0 Å². The minimum absolute atomic E-state index is 0. The van der Waals surface area contributed by atoms with Gasteiger partial charge in [0.05, 0.1) is 0 Å². The van der Waals surface area contributed by atoms with Gasteiger partial charge in [-0.25, -0.2) is 0 Å². The van der Waals surface area contributed by atoms with Crippen molar-refractivity contribution < 1.29 is 5.21 Å². The van der Waals surface area contributed by atoms with E-state index >= 15 is 0 Å². The molecule has 5 heteroatoms. The summed E-state index contributed by atoms with van der Waals surface area (Å²) in [6.07, 6.45) is 0. The van der Waals surface area contributed by atoms with Crippen LogP contribution < -0.4 is 0 Å². The van der Waals surface area contributed by atoms with Crippen LogP contribution in [0.3, 0.4) is 0 Å². The number of oxime groups is 1. The molecule has 0 radical (unpaired) electrons. The van der Waals surface area contributed by atoms with E-state index in [1.165, 1.54) is 12.1 Å². The van der Waals surface area contributed by atoms with E-state index in [0.29, 0.717) is 0 Å². The Labute approximate surface area is 88.8 Å². The predicted molar refractivity (Wildman–Crippen MR) is 27.6 cm³/mol. The molecule has 0 saturated heterocycles. The maximum absolute atomic E-state index is 7.76. The number of hydrogen-bond acceptors (Lipinski definition) is 4. The van der Waals surface area contributed by atoms with Crippen molar-refractivity contribution in [2.24, 2.45) is 5.16 Å². The summed E-state index contributed by atoms with van der Waals surface area (Å²) in [5.74, 6) is 0. The summed E-state index contributed by atoms with van der Waals surface area (Å²) in [5.41, 5.74) is -0.528. The molecule has 4 nitrogen and oxygen atoms in total. The van der Waals surface area contributed by atoms with Crippen molar-refractivity contribution in [2.75, 3.05) is 0 Å². The van der Waals surface area contributed by atoms with E-state index in [0.717, 1.165) is 0 Å². The third-order valence-electron chi connectivity index (χ3n) is 0.312. The van der Waals surface area contributed by atoms with Crippen LogP contribution in [0.1, 0.15) is 0 Å². The third-order valence-corrected chi connectivity index (χ3v) is 0.312. The minimum atomic E-state index is -0.528. The van der Waals surface area contributed by atoms with Crippen LogP contribution in [-0.4, -0.2) is 62.3 Å². The van der Waals surface area contributed by atoms with E-state index < -0.39 is 5.71 Å². The summed E-state index contributed by atoms with van der Waals surface area (Å²) in [5, 5.41) is 25.5. The van der Waals surface area contributed by atoms with E-state index in [1.807, 2.05) is 0 Å². The molecule has 1 N–H and O–H groups in total. The topological polar surface area (TPSA) is 80.2 Å². The maximum atomic E-state index is 7.76. The molecular formula is C3H2KN3O. The fraction of sp³-hybridized carbons (Fsp3) is 0. The second-order valence-electron chi connectivity index (χ2n) is 0.672. The average molecular weight is 135 g/mol. The molecule has 0 amide bonds. The van der Waals surface area contributed by atoms with Crippen molar-refractivity contribution in [2.45, 2.75) is 0 Å². The van der Waals surface area contributed by atoms with Crippen LogP contribution in [0.5, 0.6) is 0 Å². The Morgan fingerprint density at radius 2 is 1.75 bits per heavy atom. The number of hydrogen-bond donors (Lipinski definition) is 1. The standard InChI is InChI=1S/C3HN3O.K.H/c4-1-3(2-5)6-7;;/h7H;;. The first kappa shape index (κ1) is 11.0. The van der Waals surface area contributed by atoms with Crippen molar-refractivity contribution in [1.82, 2.24) is 0 Å². The summed E-state index contributed by atoms with van der Waals surface area (Å²) < 4.78 is 0. The molecule has 0 aliphatic heterocycles. The fourth-order valence-corrected chi connectivity index (χ4v) is 0.0697. The van der Waals surface area contributed by atoms with Gasteiger partial charge in [-0.15, -0.1) is 0 Å². The van der Waals surface area contributed by atoms with Crippen LogP contribution in [0.2, 0.25) is 0 Å². The number of nitrogens with zero attached hydrogens (tertiary/aromatic N) is 3. The first-order chi connectivity index (χ1) is 3.35. The van der Waals surface area contributed by atoms with E-state index in [4.69, 9.17) is 15.7 Å². The number of rotatable bonds is 0. The fourth-order valence-electron chi connectivity index (χ4n) is 0.0697. The zero-order valence-corrected chi connectivity index (χ0v) is 3.29. The van der Waals surface area contributed by atoms with Gasteiger partial charge in [0.1, 0.15) is 12.1 Å². The summed E-state index contributed by atoms with van der Waals surface area (Å²) in [4.78, 5) is 0. The Balaban J connectivity index is 0. The van der Waals surface area contributed by atoms with Gasteiger partial charge in [-0.3, -0.25) is 0 Å². The van der Waals surface area contributed by atoms with Crippen molar-refractivity contribution in [3.63, 3.8) is 0 Å². The SMILES string of the molecule is N#CC(C#N)=NO.[KH]. The van der Waals surface area contributed by atoms with Crippen LogP contribution >= 0.6 is 0 Å². The molecule has 0 unspecified atom stereocenters. The molecule has 0 fully saturated rings. The van der Waals surface area contributed by atoms with Gasteiger partial charge in [-0.05, 0) is 0 Å². The monoisotopic (exact) mass is 135 g/mol. The molecule has 0 rings (SSSR count). The summed E-state index contributed by atoms with van der Waals surface area (Å²) >= 11 is 0. The summed E-state index contributed by atoms with van der Waals surface area (Å²) in [6.45, 7) is 0. The van der Waals surface area contributed by atoms with Crippen LogP contribution in [-0.2, 0) is 0 Å². The van der Waals surface area contributed by atoms with Crippen LogP contribution in [0.4, 0.5) is 0 Å². The molecule has 0 bridgehead atoms. The Morgan fingerprint density at radius 3 is 1.75 bits per heavy atom. The summed E-state index contributed by atoms with van der Waals surface area (Å²) in [7, 11) is 0. The van der Waals surface area contributed by atoms with Gasteiger partial charge in [0, 0.05) is 0 Å². The number of nitriles is 2. The van der Waals surface area contributed by atoms with E-state index in [-0.39, 0.29) is 51.4 Å². The molecule has 0 aromatic carbocycles. The third kappa shape index (κ3) is 4.25. The Morgan fingerprint density at radius 1 is 1.38 bits per heavy atom. The van der Waals surface area contributed by atoms with Crippen molar-refractivity contribution in [1.29, 1.82) is 10.5 Å². The van der Waals surface area contributed by atoms with Crippen LogP contribution in [0, 0.1) is 22.7 Å². The van der Waals surface area contributed by atoms with Gasteiger partial charge in [0.2, 0.25) is 0 Å². The zero-order valence-electron chi connectivity index (χ0n) is 3.29. The predicted octanol–water partition coefficient (Wildman–Crippen LogP) is -0.785. The first-order valence-corrected chi connectivity index (χ1v) is 1.37. The molecule has 36 valence electrons.